The Labute approximate surface area is 121 Å². The number of amides is 1. The zero-order valence-corrected chi connectivity index (χ0v) is 11.7. The van der Waals surface area contributed by atoms with Crippen molar-refractivity contribution in [2.24, 2.45) is 11.7 Å². The summed E-state index contributed by atoms with van der Waals surface area (Å²) in [4.78, 5) is 13.4. The van der Waals surface area contributed by atoms with Gasteiger partial charge in [0, 0.05) is 22.2 Å². The summed E-state index contributed by atoms with van der Waals surface area (Å²) < 4.78 is 5.25. The molecule has 1 aromatic heterocycles. The molecule has 4 nitrogen and oxygen atoms in total. The van der Waals surface area contributed by atoms with Crippen LogP contribution in [-0.2, 0) is 9.53 Å². The summed E-state index contributed by atoms with van der Waals surface area (Å²) >= 11 is 1.65. The van der Waals surface area contributed by atoms with E-state index < -0.39 is 0 Å². The van der Waals surface area contributed by atoms with Crippen LogP contribution in [0.3, 0.4) is 0 Å². The second kappa shape index (κ2) is 5.75. The van der Waals surface area contributed by atoms with Crippen LogP contribution < -0.4 is 11.1 Å². The zero-order chi connectivity index (χ0) is 13.9. The fourth-order valence-corrected chi connectivity index (χ4v) is 3.07. The quantitative estimate of drug-likeness (QED) is 0.911. The molecule has 1 saturated heterocycles. The number of carbonyl (C=O) groups is 1. The minimum Gasteiger partial charge on any atom is -0.379 e. The first kappa shape index (κ1) is 13.3. The number of para-hydroxylation sites is 1. The summed E-state index contributed by atoms with van der Waals surface area (Å²) in [5.74, 6) is -0.342. The van der Waals surface area contributed by atoms with Crippen LogP contribution in [0.25, 0.3) is 10.4 Å². The van der Waals surface area contributed by atoms with Crippen LogP contribution in [0.5, 0.6) is 0 Å². The van der Waals surface area contributed by atoms with E-state index in [4.69, 9.17) is 10.5 Å². The number of carbonyl (C=O) groups excluding carboxylic acids is 1. The summed E-state index contributed by atoms with van der Waals surface area (Å²) in [7, 11) is 0. The molecule has 1 fully saturated rings. The minimum atomic E-state index is -0.272. The third kappa shape index (κ3) is 2.60. The largest absolute Gasteiger partial charge is 0.379 e. The highest BCUT2D eigenvalue weighted by Crippen LogP contribution is 2.31. The SMILES string of the molecule is NC1COCC1C(=O)Nc1ccccc1-c1cccs1. The van der Waals surface area contributed by atoms with Gasteiger partial charge >= 0.3 is 0 Å². The summed E-state index contributed by atoms with van der Waals surface area (Å²) in [5, 5.41) is 5.00. The fourth-order valence-electron chi connectivity index (χ4n) is 2.31. The van der Waals surface area contributed by atoms with Crippen molar-refractivity contribution < 1.29 is 9.53 Å². The van der Waals surface area contributed by atoms with Crippen molar-refractivity contribution in [3.8, 4) is 10.4 Å². The summed E-state index contributed by atoms with van der Waals surface area (Å²) in [6.45, 7) is 0.846. The standard InChI is InChI=1S/C15H16N2O2S/c16-12-9-19-8-11(12)15(18)17-13-5-2-1-4-10(13)14-6-3-7-20-14/h1-7,11-12H,8-9,16H2,(H,17,18). The molecule has 3 rings (SSSR count). The molecule has 0 spiro atoms. The second-order valence-electron chi connectivity index (χ2n) is 4.82. The van der Waals surface area contributed by atoms with Crippen LogP contribution in [0.15, 0.2) is 41.8 Å². The van der Waals surface area contributed by atoms with Crippen LogP contribution in [0, 0.1) is 5.92 Å². The minimum absolute atomic E-state index is 0.0704. The zero-order valence-electron chi connectivity index (χ0n) is 10.9. The number of anilines is 1. The molecule has 1 aromatic carbocycles. The van der Waals surface area contributed by atoms with Crippen molar-refractivity contribution in [3.05, 3.63) is 41.8 Å². The van der Waals surface area contributed by atoms with Gasteiger partial charge in [-0.3, -0.25) is 4.79 Å². The Morgan fingerprint density at radius 1 is 1.25 bits per heavy atom. The topological polar surface area (TPSA) is 64.3 Å². The Hall–Kier alpha value is -1.69. The first-order chi connectivity index (χ1) is 9.75. The normalized spacial score (nSPS) is 21.9. The molecule has 2 atom stereocenters. The molecule has 1 aliphatic heterocycles. The Bertz CT molecular complexity index is 598. The number of hydrogen-bond acceptors (Lipinski definition) is 4. The lowest BCUT2D eigenvalue weighted by Crippen LogP contribution is -2.37. The third-order valence-electron chi connectivity index (χ3n) is 3.43. The Morgan fingerprint density at radius 2 is 2.10 bits per heavy atom. The molecule has 0 radical (unpaired) electrons. The van der Waals surface area contributed by atoms with Crippen LogP contribution in [0.4, 0.5) is 5.69 Å². The molecule has 0 aliphatic carbocycles. The van der Waals surface area contributed by atoms with E-state index in [1.54, 1.807) is 11.3 Å². The highest BCUT2D eigenvalue weighted by atomic mass is 32.1. The molecule has 2 unspecified atom stereocenters. The van der Waals surface area contributed by atoms with Crippen molar-refractivity contribution in [1.29, 1.82) is 0 Å². The average molecular weight is 288 g/mol. The number of ether oxygens (including phenoxy) is 1. The van der Waals surface area contributed by atoms with Crippen LogP contribution in [0.2, 0.25) is 0 Å². The van der Waals surface area contributed by atoms with Crippen molar-refractivity contribution >= 4 is 22.9 Å². The van der Waals surface area contributed by atoms with Gasteiger partial charge in [-0.1, -0.05) is 24.3 Å². The number of nitrogens with two attached hydrogens (primary N) is 1. The van der Waals surface area contributed by atoms with Gasteiger partial charge < -0.3 is 15.8 Å². The monoisotopic (exact) mass is 288 g/mol. The summed E-state index contributed by atoms with van der Waals surface area (Å²) in [6, 6.07) is 11.6. The van der Waals surface area contributed by atoms with Crippen LogP contribution in [-0.4, -0.2) is 25.2 Å². The van der Waals surface area contributed by atoms with E-state index in [9.17, 15) is 4.79 Å². The molecule has 20 heavy (non-hydrogen) atoms. The lowest BCUT2D eigenvalue weighted by Gasteiger charge is -2.15. The van der Waals surface area contributed by atoms with E-state index in [-0.39, 0.29) is 17.9 Å². The molecular weight excluding hydrogens is 272 g/mol. The molecule has 2 heterocycles. The van der Waals surface area contributed by atoms with Gasteiger partial charge in [0.05, 0.1) is 19.1 Å². The number of nitrogens with one attached hydrogen (secondary N) is 1. The van der Waals surface area contributed by atoms with E-state index in [2.05, 4.69) is 5.32 Å². The van der Waals surface area contributed by atoms with E-state index in [0.717, 1.165) is 16.1 Å². The molecule has 1 amide bonds. The first-order valence-corrected chi connectivity index (χ1v) is 7.41. The maximum Gasteiger partial charge on any atom is 0.231 e. The summed E-state index contributed by atoms with van der Waals surface area (Å²) in [5.41, 5.74) is 7.73. The highest BCUT2D eigenvalue weighted by Gasteiger charge is 2.31. The predicted molar refractivity (Wildman–Crippen MR) is 80.7 cm³/mol. The Balaban J connectivity index is 1.83. The maximum atomic E-state index is 12.3. The smallest absolute Gasteiger partial charge is 0.231 e. The number of rotatable bonds is 3. The highest BCUT2D eigenvalue weighted by molar-refractivity contribution is 7.13. The first-order valence-electron chi connectivity index (χ1n) is 6.53. The average Bonchev–Trinajstić information content (AvgIpc) is 3.10. The van der Waals surface area contributed by atoms with Gasteiger partial charge in [-0.2, -0.15) is 0 Å². The van der Waals surface area contributed by atoms with Gasteiger partial charge in [-0.05, 0) is 17.5 Å². The van der Waals surface area contributed by atoms with Gasteiger partial charge in [0.1, 0.15) is 0 Å². The lowest BCUT2D eigenvalue weighted by atomic mass is 10.0. The van der Waals surface area contributed by atoms with Crippen molar-refractivity contribution in [3.63, 3.8) is 0 Å². The van der Waals surface area contributed by atoms with Gasteiger partial charge in [-0.15, -0.1) is 11.3 Å². The molecule has 0 saturated carbocycles. The van der Waals surface area contributed by atoms with Gasteiger partial charge in [0.15, 0.2) is 0 Å². The van der Waals surface area contributed by atoms with Crippen LogP contribution in [0.1, 0.15) is 0 Å². The van der Waals surface area contributed by atoms with Crippen molar-refractivity contribution in [1.82, 2.24) is 0 Å². The maximum absolute atomic E-state index is 12.3. The molecule has 1 aliphatic rings. The molecule has 104 valence electrons. The van der Waals surface area contributed by atoms with Crippen molar-refractivity contribution in [2.45, 2.75) is 6.04 Å². The van der Waals surface area contributed by atoms with E-state index >= 15 is 0 Å². The van der Waals surface area contributed by atoms with Crippen LogP contribution >= 0.6 is 11.3 Å². The second-order valence-corrected chi connectivity index (χ2v) is 5.77. The lowest BCUT2D eigenvalue weighted by molar-refractivity contribution is -0.120. The van der Waals surface area contributed by atoms with Gasteiger partial charge in [0.25, 0.3) is 0 Å². The van der Waals surface area contributed by atoms with E-state index in [1.807, 2.05) is 41.8 Å². The van der Waals surface area contributed by atoms with Crippen molar-refractivity contribution in [2.75, 3.05) is 18.5 Å². The molecular formula is C15H16N2O2S. The fraction of sp³-hybridized carbons (Fsp3) is 0.267. The third-order valence-corrected chi connectivity index (χ3v) is 4.34. The van der Waals surface area contributed by atoms with E-state index in [1.165, 1.54) is 0 Å². The molecule has 2 aromatic rings. The number of benzene rings is 1. The number of hydrogen-bond donors (Lipinski definition) is 2. The summed E-state index contributed by atoms with van der Waals surface area (Å²) in [6.07, 6.45) is 0. The Kier molecular flexibility index (Phi) is 3.82. The number of thiophene rings is 1. The Morgan fingerprint density at radius 3 is 2.80 bits per heavy atom. The van der Waals surface area contributed by atoms with Gasteiger partial charge in [-0.25, -0.2) is 0 Å². The molecule has 3 N–H and O–H groups in total. The molecule has 0 bridgehead atoms. The predicted octanol–water partition coefficient (Wildman–Crippen LogP) is 2.33. The molecule has 5 heteroatoms. The van der Waals surface area contributed by atoms with E-state index in [0.29, 0.717) is 13.2 Å². The van der Waals surface area contributed by atoms with Gasteiger partial charge in [0.2, 0.25) is 5.91 Å².